The Kier molecular flexibility index (Phi) is 4.39. The fourth-order valence-electron chi connectivity index (χ4n) is 3.24. The summed E-state index contributed by atoms with van der Waals surface area (Å²) in [7, 11) is 0. The van der Waals surface area contributed by atoms with Gasteiger partial charge in [-0.1, -0.05) is 38.5 Å². The number of nitrogens with one attached hydrogen (secondary N) is 1. The van der Waals surface area contributed by atoms with Gasteiger partial charge in [0.2, 0.25) is 0 Å². The number of carbonyl (C=O) groups excluding carboxylic acids is 1. The Bertz CT molecular complexity index is 532. The summed E-state index contributed by atoms with van der Waals surface area (Å²) in [5, 5.41) is 13.4. The lowest BCUT2D eigenvalue weighted by Crippen LogP contribution is -2.46. The molecule has 3 rings (SSSR count). The topological polar surface area (TPSA) is 58.1 Å². The van der Waals surface area contributed by atoms with Crippen molar-refractivity contribution in [3.05, 3.63) is 10.0 Å². The van der Waals surface area contributed by atoms with Gasteiger partial charge in [0.15, 0.2) is 0 Å². The fraction of sp³-hybridized carbons (Fsp3) is 0.812. The smallest absolute Gasteiger partial charge is 0.318 e. The van der Waals surface area contributed by atoms with Crippen molar-refractivity contribution in [3.63, 3.8) is 0 Å². The van der Waals surface area contributed by atoms with Crippen LogP contribution in [-0.2, 0) is 12.0 Å². The lowest BCUT2D eigenvalue weighted by atomic mass is 9.79. The highest BCUT2D eigenvalue weighted by atomic mass is 32.1. The molecule has 1 aromatic rings. The first-order chi connectivity index (χ1) is 10.4. The Morgan fingerprint density at radius 2 is 2.05 bits per heavy atom. The molecule has 2 fully saturated rings. The summed E-state index contributed by atoms with van der Waals surface area (Å²) in [6, 6.07) is 0.537. The van der Waals surface area contributed by atoms with E-state index in [4.69, 9.17) is 0 Å². The van der Waals surface area contributed by atoms with Gasteiger partial charge in [0.1, 0.15) is 10.0 Å². The van der Waals surface area contributed by atoms with Gasteiger partial charge in [0.25, 0.3) is 0 Å². The van der Waals surface area contributed by atoms with E-state index in [0.29, 0.717) is 12.6 Å². The standard InChI is InChI=1S/C16H26N4OS/c1-16(2,3)14-19-18-13(22-14)10-17-15(21)20-9-5-8-12(20)11-6-4-7-11/h11-12H,4-10H2,1-3H3,(H,17,21)/t12-/m0/s1. The SMILES string of the molecule is CC(C)(C)c1nnc(CNC(=O)N2CCC[C@H]2C2CCC2)s1. The molecule has 1 N–H and O–H groups in total. The first-order valence-corrected chi connectivity index (χ1v) is 9.14. The van der Waals surface area contributed by atoms with Gasteiger partial charge >= 0.3 is 6.03 Å². The Morgan fingerprint density at radius 3 is 2.64 bits per heavy atom. The molecule has 122 valence electrons. The number of hydrogen-bond donors (Lipinski definition) is 1. The molecule has 1 saturated heterocycles. The summed E-state index contributed by atoms with van der Waals surface area (Å²) in [6.07, 6.45) is 6.23. The zero-order valence-electron chi connectivity index (χ0n) is 13.8. The van der Waals surface area contributed by atoms with Crippen LogP contribution in [0.3, 0.4) is 0 Å². The van der Waals surface area contributed by atoms with E-state index in [1.54, 1.807) is 11.3 Å². The molecule has 1 aliphatic heterocycles. The molecule has 5 nitrogen and oxygen atoms in total. The van der Waals surface area contributed by atoms with E-state index in [1.165, 1.54) is 25.7 Å². The summed E-state index contributed by atoms with van der Waals surface area (Å²) in [4.78, 5) is 14.5. The van der Waals surface area contributed by atoms with E-state index >= 15 is 0 Å². The maximum Gasteiger partial charge on any atom is 0.318 e. The van der Waals surface area contributed by atoms with Gasteiger partial charge in [-0.2, -0.15) is 0 Å². The number of rotatable bonds is 3. The molecule has 0 unspecified atom stereocenters. The molecule has 2 amide bonds. The first kappa shape index (κ1) is 15.7. The van der Waals surface area contributed by atoms with Gasteiger partial charge < -0.3 is 10.2 Å². The molecule has 1 aliphatic carbocycles. The number of carbonyl (C=O) groups is 1. The Labute approximate surface area is 136 Å². The summed E-state index contributed by atoms with van der Waals surface area (Å²) < 4.78 is 0. The minimum atomic E-state index is 0.0181. The molecule has 1 saturated carbocycles. The van der Waals surface area contributed by atoms with Crippen molar-refractivity contribution >= 4 is 17.4 Å². The summed E-state index contributed by atoms with van der Waals surface area (Å²) in [6.45, 7) is 7.77. The molecular formula is C16H26N4OS. The van der Waals surface area contributed by atoms with Crippen LogP contribution in [0.2, 0.25) is 0 Å². The normalized spacial score (nSPS) is 22.7. The Hall–Kier alpha value is -1.17. The third kappa shape index (κ3) is 3.26. The maximum absolute atomic E-state index is 12.4. The highest BCUT2D eigenvalue weighted by Crippen LogP contribution is 2.37. The zero-order valence-corrected chi connectivity index (χ0v) is 14.6. The lowest BCUT2D eigenvalue weighted by Gasteiger charge is -2.36. The predicted molar refractivity (Wildman–Crippen MR) is 87.9 cm³/mol. The second kappa shape index (κ2) is 6.14. The molecule has 0 bridgehead atoms. The number of amides is 2. The van der Waals surface area contributed by atoms with Gasteiger partial charge in [-0.25, -0.2) is 4.79 Å². The summed E-state index contributed by atoms with van der Waals surface area (Å²) in [5.74, 6) is 0.738. The van der Waals surface area contributed by atoms with Crippen LogP contribution < -0.4 is 5.32 Å². The molecule has 1 atom stereocenters. The van der Waals surface area contributed by atoms with Crippen molar-refractivity contribution in [2.24, 2.45) is 5.92 Å². The van der Waals surface area contributed by atoms with E-state index in [2.05, 4.69) is 41.2 Å². The average molecular weight is 322 g/mol. The van der Waals surface area contributed by atoms with Gasteiger partial charge in [0, 0.05) is 18.0 Å². The number of hydrogen-bond acceptors (Lipinski definition) is 4. The summed E-state index contributed by atoms with van der Waals surface area (Å²) >= 11 is 1.59. The molecule has 0 radical (unpaired) electrons. The molecular weight excluding hydrogens is 296 g/mol. The zero-order chi connectivity index (χ0) is 15.7. The van der Waals surface area contributed by atoms with Gasteiger partial charge in [-0.15, -0.1) is 10.2 Å². The second-order valence-electron chi connectivity index (χ2n) is 7.50. The van der Waals surface area contributed by atoms with Crippen molar-refractivity contribution in [3.8, 4) is 0 Å². The number of urea groups is 1. The van der Waals surface area contributed by atoms with Gasteiger partial charge in [0.05, 0.1) is 6.54 Å². The molecule has 2 aliphatic rings. The summed E-state index contributed by atoms with van der Waals surface area (Å²) in [5.41, 5.74) is 0.0181. The van der Waals surface area contributed by atoms with Crippen LogP contribution in [0.1, 0.15) is 62.9 Å². The minimum absolute atomic E-state index is 0.0181. The monoisotopic (exact) mass is 322 g/mol. The van der Waals surface area contributed by atoms with Crippen LogP contribution in [0, 0.1) is 5.92 Å². The van der Waals surface area contributed by atoms with Crippen molar-refractivity contribution < 1.29 is 4.79 Å². The van der Waals surface area contributed by atoms with Gasteiger partial charge in [-0.05, 0) is 31.6 Å². The third-order valence-electron chi connectivity index (χ3n) is 4.75. The van der Waals surface area contributed by atoms with Crippen molar-refractivity contribution in [1.82, 2.24) is 20.4 Å². The number of nitrogens with zero attached hydrogens (tertiary/aromatic N) is 3. The molecule has 22 heavy (non-hydrogen) atoms. The van der Waals surface area contributed by atoms with E-state index in [9.17, 15) is 4.79 Å². The quantitative estimate of drug-likeness (QED) is 0.929. The average Bonchev–Trinajstić information content (AvgIpc) is 3.02. The van der Waals surface area contributed by atoms with E-state index < -0.39 is 0 Å². The van der Waals surface area contributed by atoms with E-state index in [-0.39, 0.29) is 11.4 Å². The fourth-order valence-corrected chi connectivity index (χ4v) is 4.08. The highest BCUT2D eigenvalue weighted by molar-refractivity contribution is 7.11. The molecule has 6 heteroatoms. The molecule has 2 heterocycles. The maximum atomic E-state index is 12.4. The van der Waals surface area contributed by atoms with Crippen molar-refractivity contribution in [2.45, 2.75) is 70.9 Å². The first-order valence-electron chi connectivity index (χ1n) is 8.32. The number of likely N-dealkylation sites (tertiary alicyclic amines) is 1. The van der Waals surface area contributed by atoms with E-state index in [1.807, 2.05) is 0 Å². The van der Waals surface area contributed by atoms with Crippen LogP contribution in [0.15, 0.2) is 0 Å². The van der Waals surface area contributed by atoms with Crippen LogP contribution in [-0.4, -0.2) is 33.7 Å². The van der Waals surface area contributed by atoms with Crippen LogP contribution in [0.5, 0.6) is 0 Å². The minimum Gasteiger partial charge on any atom is -0.331 e. The predicted octanol–water partition coefficient (Wildman–Crippen LogP) is 3.31. The molecule has 1 aromatic heterocycles. The van der Waals surface area contributed by atoms with Crippen LogP contribution >= 0.6 is 11.3 Å². The van der Waals surface area contributed by atoms with Crippen molar-refractivity contribution in [2.75, 3.05) is 6.54 Å². The van der Waals surface area contributed by atoms with Crippen molar-refractivity contribution in [1.29, 1.82) is 0 Å². The van der Waals surface area contributed by atoms with E-state index in [0.717, 1.165) is 28.9 Å². The Balaban J connectivity index is 1.54. The number of aromatic nitrogens is 2. The Morgan fingerprint density at radius 1 is 1.27 bits per heavy atom. The third-order valence-corrected chi connectivity index (χ3v) is 6.10. The molecule has 0 aromatic carbocycles. The van der Waals surface area contributed by atoms with Crippen LogP contribution in [0.4, 0.5) is 4.79 Å². The second-order valence-corrected chi connectivity index (χ2v) is 8.57. The lowest BCUT2D eigenvalue weighted by molar-refractivity contribution is 0.139. The largest absolute Gasteiger partial charge is 0.331 e. The molecule has 0 spiro atoms. The van der Waals surface area contributed by atoms with Gasteiger partial charge in [-0.3, -0.25) is 0 Å². The highest BCUT2D eigenvalue weighted by Gasteiger charge is 2.37. The van der Waals surface area contributed by atoms with Crippen LogP contribution in [0.25, 0.3) is 0 Å².